The van der Waals surface area contributed by atoms with E-state index in [-0.39, 0.29) is 5.56 Å². The zero-order chi connectivity index (χ0) is 10.8. The summed E-state index contributed by atoms with van der Waals surface area (Å²) >= 11 is 3.33. The van der Waals surface area contributed by atoms with Crippen LogP contribution in [0.3, 0.4) is 0 Å². The summed E-state index contributed by atoms with van der Waals surface area (Å²) in [5.41, 5.74) is 0.864. The molecule has 4 heteroatoms. The van der Waals surface area contributed by atoms with E-state index in [9.17, 15) is 4.79 Å². The Kier molecular flexibility index (Phi) is 3.24. The summed E-state index contributed by atoms with van der Waals surface area (Å²) in [4.78, 5) is 18.3. The van der Waals surface area contributed by atoms with Crippen molar-refractivity contribution in [2.45, 2.75) is 38.5 Å². The molecule has 2 rings (SSSR count). The Morgan fingerprint density at radius 1 is 1.53 bits per heavy atom. The summed E-state index contributed by atoms with van der Waals surface area (Å²) < 4.78 is 0.615. The number of halogens is 1. The molecule has 3 nitrogen and oxygen atoms in total. The third-order valence-corrected chi connectivity index (χ3v) is 3.91. The van der Waals surface area contributed by atoms with Crippen LogP contribution in [-0.4, -0.2) is 9.97 Å². The molecule has 0 spiro atoms. The number of rotatable bonds is 1. The molecule has 82 valence electrons. The first-order chi connectivity index (χ1) is 7.18. The minimum atomic E-state index is -0.0711. The summed E-state index contributed by atoms with van der Waals surface area (Å²) in [6, 6.07) is 0. The van der Waals surface area contributed by atoms with E-state index in [1.54, 1.807) is 0 Å². The molecule has 2 unspecified atom stereocenters. The maximum Gasteiger partial charge on any atom is 0.265 e. The van der Waals surface area contributed by atoms with Crippen LogP contribution in [0.2, 0.25) is 0 Å². The van der Waals surface area contributed by atoms with E-state index in [1.165, 1.54) is 19.2 Å². The molecule has 1 aromatic rings. The van der Waals surface area contributed by atoms with Crippen LogP contribution in [0.15, 0.2) is 15.6 Å². The highest BCUT2D eigenvalue weighted by molar-refractivity contribution is 9.10. The lowest BCUT2D eigenvalue weighted by Gasteiger charge is -2.26. The quantitative estimate of drug-likeness (QED) is 0.853. The van der Waals surface area contributed by atoms with Gasteiger partial charge in [-0.25, -0.2) is 4.98 Å². The average molecular weight is 271 g/mol. The van der Waals surface area contributed by atoms with Gasteiger partial charge in [0.05, 0.1) is 12.0 Å². The van der Waals surface area contributed by atoms with E-state index in [0.717, 1.165) is 24.5 Å². The van der Waals surface area contributed by atoms with E-state index >= 15 is 0 Å². The number of aromatic amines is 1. The maximum absolute atomic E-state index is 11.4. The van der Waals surface area contributed by atoms with Crippen LogP contribution >= 0.6 is 15.9 Å². The summed E-state index contributed by atoms with van der Waals surface area (Å²) in [7, 11) is 0. The number of nitrogens with one attached hydrogen (secondary N) is 1. The van der Waals surface area contributed by atoms with Crippen molar-refractivity contribution in [2.75, 3.05) is 0 Å². The Balaban J connectivity index is 2.28. The molecule has 0 radical (unpaired) electrons. The zero-order valence-electron chi connectivity index (χ0n) is 8.79. The molecule has 0 bridgehead atoms. The third kappa shape index (κ3) is 2.30. The van der Waals surface area contributed by atoms with E-state index in [1.807, 2.05) is 0 Å². The molecule has 1 fully saturated rings. The number of hydrogen-bond donors (Lipinski definition) is 1. The lowest BCUT2D eigenvalue weighted by Crippen LogP contribution is -2.18. The summed E-state index contributed by atoms with van der Waals surface area (Å²) in [6.45, 7) is 2.27. The van der Waals surface area contributed by atoms with Crippen molar-refractivity contribution >= 4 is 15.9 Å². The molecule has 1 saturated carbocycles. The minimum Gasteiger partial charge on any atom is -0.312 e. The zero-order valence-corrected chi connectivity index (χ0v) is 10.4. The standard InChI is InChI=1S/C11H15BrN2O/c1-7-3-2-4-8(5-7)10-9(12)11(15)14-6-13-10/h6-8H,2-5H2,1H3,(H,13,14,15). The monoisotopic (exact) mass is 270 g/mol. The van der Waals surface area contributed by atoms with Crippen LogP contribution in [0, 0.1) is 5.92 Å². The first-order valence-corrected chi connectivity index (χ1v) is 6.21. The minimum absolute atomic E-state index is 0.0711. The summed E-state index contributed by atoms with van der Waals surface area (Å²) in [6.07, 6.45) is 6.35. The number of nitrogens with zero attached hydrogens (tertiary/aromatic N) is 1. The van der Waals surface area contributed by atoms with E-state index < -0.39 is 0 Å². The van der Waals surface area contributed by atoms with Crippen LogP contribution in [0.5, 0.6) is 0 Å². The van der Waals surface area contributed by atoms with Crippen molar-refractivity contribution in [3.8, 4) is 0 Å². The lowest BCUT2D eigenvalue weighted by molar-refractivity contribution is 0.339. The van der Waals surface area contributed by atoms with Gasteiger partial charge in [-0.2, -0.15) is 0 Å². The van der Waals surface area contributed by atoms with Crippen LogP contribution < -0.4 is 5.56 Å². The molecule has 0 aliphatic heterocycles. The fraction of sp³-hybridized carbons (Fsp3) is 0.636. The molecule has 15 heavy (non-hydrogen) atoms. The second-order valence-corrected chi connectivity index (χ2v) is 5.19. The van der Waals surface area contributed by atoms with E-state index in [4.69, 9.17) is 0 Å². The normalized spacial score (nSPS) is 26.5. The Bertz CT molecular complexity index is 402. The first-order valence-electron chi connectivity index (χ1n) is 5.41. The molecular formula is C11H15BrN2O. The van der Waals surface area contributed by atoms with Crippen LogP contribution in [0.1, 0.15) is 44.2 Å². The lowest BCUT2D eigenvalue weighted by atomic mass is 9.81. The topological polar surface area (TPSA) is 45.8 Å². The SMILES string of the molecule is CC1CCCC(c2nc[nH]c(=O)c2Br)C1. The first kappa shape index (κ1) is 10.9. The molecular weight excluding hydrogens is 256 g/mol. The van der Waals surface area contributed by atoms with Gasteiger partial charge >= 0.3 is 0 Å². The molecule has 0 amide bonds. The van der Waals surface area contributed by atoms with Crippen molar-refractivity contribution in [3.63, 3.8) is 0 Å². The second-order valence-electron chi connectivity index (χ2n) is 4.40. The molecule has 0 saturated heterocycles. The van der Waals surface area contributed by atoms with Gasteiger partial charge in [-0.1, -0.05) is 19.8 Å². The van der Waals surface area contributed by atoms with Gasteiger partial charge in [0.2, 0.25) is 0 Å². The fourth-order valence-corrected chi connectivity index (χ4v) is 2.90. The predicted octanol–water partition coefficient (Wildman–Crippen LogP) is 2.83. The summed E-state index contributed by atoms with van der Waals surface area (Å²) in [5.74, 6) is 1.20. The predicted molar refractivity (Wildman–Crippen MR) is 62.9 cm³/mol. The van der Waals surface area contributed by atoms with Crippen molar-refractivity contribution in [2.24, 2.45) is 5.92 Å². The Hall–Kier alpha value is -0.640. The van der Waals surface area contributed by atoms with Gasteiger partial charge in [-0.05, 0) is 34.7 Å². The average Bonchev–Trinajstić information content (AvgIpc) is 2.22. The Morgan fingerprint density at radius 3 is 3.07 bits per heavy atom. The van der Waals surface area contributed by atoms with Crippen LogP contribution in [-0.2, 0) is 0 Å². The molecule has 1 aromatic heterocycles. The van der Waals surface area contributed by atoms with Gasteiger partial charge in [0.25, 0.3) is 5.56 Å². The van der Waals surface area contributed by atoms with Gasteiger partial charge in [0.1, 0.15) is 4.47 Å². The second kappa shape index (κ2) is 4.47. The molecule has 2 atom stereocenters. The third-order valence-electron chi connectivity index (χ3n) is 3.15. The van der Waals surface area contributed by atoms with Crippen molar-refractivity contribution in [1.82, 2.24) is 9.97 Å². The number of aromatic nitrogens is 2. The van der Waals surface area contributed by atoms with E-state index in [0.29, 0.717) is 10.4 Å². The van der Waals surface area contributed by atoms with E-state index in [2.05, 4.69) is 32.8 Å². The highest BCUT2D eigenvalue weighted by atomic mass is 79.9. The van der Waals surface area contributed by atoms with Gasteiger partial charge in [-0.3, -0.25) is 4.79 Å². The van der Waals surface area contributed by atoms with Crippen molar-refractivity contribution < 1.29 is 0 Å². The number of hydrogen-bond acceptors (Lipinski definition) is 2. The highest BCUT2D eigenvalue weighted by Crippen LogP contribution is 2.36. The summed E-state index contributed by atoms with van der Waals surface area (Å²) in [5, 5.41) is 0. The highest BCUT2D eigenvalue weighted by Gasteiger charge is 2.23. The molecule has 1 aliphatic rings. The fourth-order valence-electron chi connectivity index (χ4n) is 2.36. The number of H-pyrrole nitrogens is 1. The van der Waals surface area contributed by atoms with Gasteiger partial charge in [0.15, 0.2) is 0 Å². The smallest absolute Gasteiger partial charge is 0.265 e. The van der Waals surface area contributed by atoms with Crippen molar-refractivity contribution in [3.05, 3.63) is 26.8 Å². The largest absolute Gasteiger partial charge is 0.312 e. The van der Waals surface area contributed by atoms with Crippen LogP contribution in [0.25, 0.3) is 0 Å². The molecule has 1 heterocycles. The van der Waals surface area contributed by atoms with Gasteiger partial charge in [0, 0.05) is 5.92 Å². The Morgan fingerprint density at radius 2 is 2.33 bits per heavy atom. The van der Waals surface area contributed by atoms with Gasteiger partial charge in [-0.15, -0.1) is 0 Å². The maximum atomic E-state index is 11.4. The molecule has 1 aliphatic carbocycles. The molecule has 0 aromatic carbocycles. The molecule has 1 N–H and O–H groups in total. The Labute approximate surface area is 97.4 Å². The van der Waals surface area contributed by atoms with Gasteiger partial charge < -0.3 is 4.98 Å². The van der Waals surface area contributed by atoms with Crippen molar-refractivity contribution in [1.29, 1.82) is 0 Å². The van der Waals surface area contributed by atoms with Crippen LogP contribution in [0.4, 0.5) is 0 Å².